The van der Waals surface area contributed by atoms with Crippen LogP contribution in [0, 0.1) is 5.82 Å². The normalized spacial score (nSPS) is 14.4. The van der Waals surface area contributed by atoms with Crippen LogP contribution in [0.3, 0.4) is 0 Å². The summed E-state index contributed by atoms with van der Waals surface area (Å²) in [5.74, 6) is -0.179. The van der Waals surface area contributed by atoms with Gasteiger partial charge in [0.1, 0.15) is 5.82 Å². The number of benzene rings is 2. The van der Waals surface area contributed by atoms with E-state index in [0.717, 1.165) is 22.3 Å². The van der Waals surface area contributed by atoms with E-state index in [1.165, 1.54) is 17.3 Å². The van der Waals surface area contributed by atoms with Crippen molar-refractivity contribution in [2.75, 3.05) is 23.9 Å². The van der Waals surface area contributed by atoms with Crippen molar-refractivity contribution >= 4 is 27.3 Å². The van der Waals surface area contributed by atoms with E-state index in [9.17, 15) is 4.39 Å². The van der Waals surface area contributed by atoms with Crippen molar-refractivity contribution in [2.24, 2.45) is 0 Å². The molecule has 0 N–H and O–H groups in total. The van der Waals surface area contributed by atoms with Crippen LogP contribution in [0.4, 0.5) is 15.8 Å². The molecule has 0 amide bonds. The molecule has 1 heterocycles. The van der Waals surface area contributed by atoms with E-state index >= 15 is 0 Å². The molecule has 0 fully saturated rings. The van der Waals surface area contributed by atoms with Gasteiger partial charge in [-0.05, 0) is 47.5 Å². The zero-order valence-corrected chi connectivity index (χ0v) is 13.1. The smallest absolute Gasteiger partial charge is 0.123 e. The third-order valence-corrected chi connectivity index (χ3v) is 4.21. The molecule has 20 heavy (non-hydrogen) atoms. The summed E-state index contributed by atoms with van der Waals surface area (Å²) in [7, 11) is 4.10. The Morgan fingerprint density at radius 1 is 0.900 bits per heavy atom. The highest BCUT2D eigenvalue weighted by atomic mass is 79.9. The molecule has 0 aromatic heterocycles. The van der Waals surface area contributed by atoms with Gasteiger partial charge in [0.05, 0.1) is 0 Å². The molecule has 0 unspecified atom stereocenters. The molecule has 2 nitrogen and oxygen atoms in total. The first-order chi connectivity index (χ1) is 9.54. The highest BCUT2D eigenvalue weighted by molar-refractivity contribution is 9.10. The van der Waals surface area contributed by atoms with E-state index in [4.69, 9.17) is 0 Å². The Hall–Kier alpha value is -1.55. The number of hydrogen-bond donors (Lipinski definition) is 0. The standard InChI is InChI=1S/C16H16BrFN2/c1-19-9-11-7-13(17)3-5-15(11)20(2)10-12-8-14(18)4-6-16(12)19/h3-8H,9-10H2,1-2H3. The molecule has 2 aromatic rings. The first-order valence-electron chi connectivity index (χ1n) is 6.54. The van der Waals surface area contributed by atoms with Gasteiger partial charge < -0.3 is 9.80 Å². The van der Waals surface area contributed by atoms with Crippen LogP contribution >= 0.6 is 15.9 Å². The van der Waals surface area contributed by atoms with E-state index in [1.54, 1.807) is 6.07 Å². The quantitative estimate of drug-likeness (QED) is 0.713. The summed E-state index contributed by atoms with van der Waals surface area (Å²) >= 11 is 3.53. The van der Waals surface area contributed by atoms with Crippen molar-refractivity contribution in [3.63, 3.8) is 0 Å². The molecule has 0 radical (unpaired) electrons. The zero-order chi connectivity index (χ0) is 14.3. The fourth-order valence-electron chi connectivity index (χ4n) is 2.79. The number of fused-ring (bicyclic) bond motifs is 2. The minimum Gasteiger partial charge on any atom is -0.370 e. The van der Waals surface area contributed by atoms with Crippen LogP contribution in [0.2, 0.25) is 0 Å². The summed E-state index contributed by atoms with van der Waals surface area (Å²) in [4.78, 5) is 4.35. The van der Waals surface area contributed by atoms with Crippen molar-refractivity contribution in [1.82, 2.24) is 0 Å². The third kappa shape index (κ3) is 2.40. The molecule has 3 rings (SSSR count). The van der Waals surface area contributed by atoms with Crippen molar-refractivity contribution in [3.05, 3.63) is 57.8 Å². The predicted octanol–water partition coefficient (Wildman–Crippen LogP) is 4.17. The molecule has 2 aromatic carbocycles. The van der Waals surface area contributed by atoms with E-state index in [1.807, 2.05) is 26.2 Å². The van der Waals surface area contributed by atoms with Gasteiger partial charge in [0.25, 0.3) is 0 Å². The van der Waals surface area contributed by atoms with Gasteiger partial charge in [0.2, 0.25) is 0 Å². The number of halogens is 2. The third-order valence-electron chi connectivity index (χ3n) is 3.72. The maximum absolute atomic E-state index is 13.5. The van der Waals surface area contributed by atoms with Crippen LogP contribution in [-0.4, -0.2) is 14.1 Å². The first kappa shape index (κ1) is 13.4. The summed E-state index contributed by atoms with van der Waals surface area (Å²) in [6, 6.07) is 11.3. The SMILES string of the molecule is CN1Cc2cc(Br)ccc2N(C)Cc2cc(F)ccc21. The van der Waals surface area contributed by atoms with Crippen LogP contribution in [0.25, 0.3) is 0 Å². The van der Waals surface area contributed by atoms with Gasteiger partial charge in [0.15, 0.2) is 0 Å². The van der Waals surface area contributed by atoms with Gasteiger partial charge in [-0.1, -0.05) is 15.9 Å². The molecule has 0 bridgehead atoms. The fraction of sp³-hybridized carbons (Fsp3) is 0.250. The van der Waals surface area contributed by atoms with E-state index in [-0.39, 0.29) is 5.82 Å². The molecular weight excluding hydrogens is 319 g/mol. The Balaban J connectivity index is 2.10. The molecule has 1 aliphatic heterocycles. The number of rotatable bonds is 0. The van der Waals surface area contributed by atoms with Crippen LogP contribution in [0.5, 0.6) is 0 Å². The van der Waals surface area contributed by atoms with Crippen LogP contribution in [0.15, 0.2) is 40.9 Å². The second kappa shape index (κ2) is 5.09. The van der Waals surface area contributed by atoms with Crippen LogP contribution < -0.4 is 9.80 Å². The first-order valence-corrected chi connectivity index (χ1v) is 7.33. The summed E-state index contributed by atoms with van der Waals surface area (Å²) in [5.41, 5.74) is 4.56. The van der Waals surface area contributed by atoms with Crippen molar-refractivity contribution in [1.29, 1.82) is 0 Å². The topological polar surface area (TPSA) is 6.48 Å². The summed E-state index contributed by atoms with van der Waals surface area (Å²) in [6.45, 7) is 1.50. The molecule has 0 aliphatic carbocycles. The van der Waals surface area contributed by atoms with Crippen molar-refractivity contribution < 1.29 is 4.39 Å². The molecule has 0 saturated heterocycles. The van der Waals surface area contributed by atoms with Crippen molar-refractivity contribution in [3.8, 4) is 0 Å². The van der Waals surface area contributed by atoms with Crippen LogP contribution in [0.1, 0.15) is 11.1 Å². The Bertz CT molecular complexity index is 599. The van der Waals surface area contributed by atoms with Crippen LogP contribution in [-0.2, 0) is 13.1 Å². The molecular formula is C16H16BrFN2. The molecule has 0 saturated carbocycles. The zero-order valence-electron chi connectivity index (χ0n) is 11.5. The highest BCUT2D eigenvalue weighted by Gasteiger charge is 2.18. The van der Waals surface area contributed by atoms with Gasteiger partial charge in [0, 0.05) is 43.0 Å². The lowest BCUT2D eigenvalue weighted by Gasteiger charge is -2.32. The van der Waals surface area contributed by atoms with Gasteiger partial charge in [-0.3, -0.25) is 0 Å². The Labute approximate surface area is 126 Å². The van der Waals surface area contributed by atoms with Crippen molar-refractivity contribution in [2.45, 2.75) is 13.1 Å². The molecule has 104 valence electrons. The van der Waals surface area contributed by atoms with Gasteiger partial charge in [-0.15, -0.1) is 0 Å². The molecule has 4 heteroatoms. The van der Waals surface area contributed by atoms with E-state index < -0.39 is 0 Å². The van der Waals surface area contributed by atoms with Gasteiger partial charge >= 0.3 is 0 Å². The minimum absolute atomic E-state index is 0.179. The average Bonchev–Trinajstić information content (AvgIpc) is 2.37. The highest BCUT2D eigenvalue weighted by Crippen LogP contribution is 2.32. The monoisotopic (exact) mass is 334 g/mol. The Morgan fingerprint density at radius 3 is 2.10 bits per heavy atom. The van der Waals surface area contributed by atoms with E-state index in [2.05, 4.69) is 37.9 Å². The second-order valence-corrected chi connectivity index (χ2v) is 6.17. The maximum atomic E-state index is 13.5. The lowest BCUT2D eigenvalue weighted by atomic mass is 10.1. The van der Waals surface area contributed by atoms with E-state index in [0.29, 0.717) is 6.54 Å². The largest absolute Gasteiger partial charge is 0.370 e. The van der Waals surface area contributed by atoms with Gasteiger partial charge in [-0.25, -0.2) is 4.39 Å². The predicted molar refractivity (Wildman–Crippen MR) is 84.8 cm³/mol. The maximum Gasteiger partial charge on any atom is 0.123 e. The fourth-order valence-corrected chi connectivity index (χ4v) is 3.20. The number of anilines is 2. The Morgan fingerprint density at radius 2 is 1.45 bits per heavy atom. The number of hydrogen-bond acceptors (Lipinski definition) is 2. The summed E-state index contributed by atoms with van der Waals surface area (Å²) in [5, 5.41) is 0. The lowest BCUT2D eigenvalue weighted by molar-refractivity contribution is 0.624. The molecule has 0 spiro atoms. The molecule has 1 aliphatic rings. The average molecular weight is 335 g/mol. The second-order valence-electron chi connectivity index (χ2n) is 5.26. The minimum atomic E-state index is -0.179. The number of nitrogens with zero attached hydrogens (tertiary/aromatic N) is 2. The lowest BCUT2D eigenvalue weighted by Crippen LogP contribution is -2.27. The summed E-state index contributed by atoms with van der Waals surface area (Å²) < 4.78 is 14.6. The summed E-state index contributed by atoms with van der Waals surface area (Å²) in [6.07, 6.45) is 0. The Kier molecular flexibility index (Phi) is 3.42. The van der Waals surface area contributed by atoms with Gasteiger partial charge in [-0.2, -0.15) is 0 Å². The molecule has 0 atom stereocenters.